The molecule has 0 aliphatic carbocycles. The fraction of sp³-hybridized carbons (Fsp3) is 0.500. The molecule has 7 nitrogen and oxygen atoms in total. The highest BCUT2D eigenvalue weighted by molar-refractivity contribution is 5.92. The van der Waals surface area contributed by atoms with Crippen molar-refractivity contribution < 1.29 is 9.53 Å². The first-order valence-corrected chi connectivity index (χ1v) is 6.12. The first-order valence-electron chi connectivity index (χ1n) is 6.12. The van der Waals surface area contributed by atoms with Crippen LogP contribution in [0.1, 0.15) is 17.4 Å². The SMILES string of the molecule is CCNC(=O)c1ccc(N2CCOC(C#N)C2)nn1. The second-order valence-electron chi connectivity index (χ2n) is 4.07. The van der Waals surface area contributed by atoms with Crippen molar-refractivity contribution in [3.63, 3.8) is 0 Å². The number of hydrogen-bond acceptors (Lipinski definition) is 6. The lowest BCUT2D eigenvalue weighted by molar-refractivity contribution is 0.0760. The van der Waals surface area contributed by atoms with Crippen LogP contribution in [0.25, 0.3) is 0 Å². The Morgan fingerprint density at radius 1 is 1.63 bits per heavy atom. The summed E-state index contributed by atoms with van der Waals surface area (Å²) in [5.74, 6) is 0.412. The van der Waals surface area contributed by atoms with Crippen molar-refractivity contribution in [2.75, 3.05) is 31.1 Å². The molecular formula is C12H15N5O2. The highest BCUT2D eigenvalue weighted by atomic mass is 16.5. The molecule has 0 bridgehead atoms. The number of hydrogen-bond donors (Lipinski definition) is 1. The number of aromatic nitrogens is 2. The van der Waals surface area contributed by atoms with Crippen molar-refractivity contribution in [2.24, 2.45) is 0 Å². The summed E-state index contributed by atoms with van der Waals surface area (Å²) in [7, 11) is 0. The smallest absolute Gasteiger partial charge is 0.271 e. The summed E-state index contributed by atoms with van der Waals surface area (Å²) in [5, 5.41) is 19.4. The van der Waals surface area contributed by atoms with Gasteiger partial charge in [-0.15, -0.1) is 10.2 Å². The maximum Gasteiger partial charge on any atom is 0.271 e. The minimum Gasteiger partial charge on any atom is -0.360 e. The van der Waals surface area contributed by atoms with Crippen LogP contribution in [0.3, 0.4) is 0 Å². The first-order chi connectivity index (χ1) is 9.24. The van der Waals surface area contributed by atoms with Crippen LogP contribution < -0.4 is 10.2 Å². The van der Waals surface area contributed by atoms with Gasteiger partial charge in [0.1, 0.15) is 0 Å². The van der Waals surface area contributed by atoms with Gasteiger partial charge in [-0.1, -0.05) is 0 Å². The van der Waals surface area contributed by atoms with Crippen molar-refractivity contribution >= 4 is 11.7 Å². The lowest BCUT2D eigenvalue weighted by atomic mass is 10.3. The second kappa shape index (κ2) is 6.11. The molecule has 0 aromatic carbocycles. The van der Waals surface area contributed by atoms with E-state index in [-0.39, 0.29) is 11.6 Å². The Morgan fingerprint density at radius 3 is 3.11 bits per heavy atom. The average Bonchev–Trinajstić information content (AvgIpc) is 2.48. The summed E-state index contributed by atoms with van der Waals surface area (Å²) in [4.78, 5) is 13.5. The predicted octanol–water partition coefficient (Wildman–Crippen LogP) is -0.0449. The number of rotatable bonds is 3. The van der Waals surface area contributed by atoms with Crippen molar-refractivity contribution in [3.05, 3.63) is 17.8 Å². The standard InChI is InChI=1S/C12H15N5O2/c1-2-14-12(18)10-3-4-11(16-15-10)17-5-6-19-9(7-13)8-17/h3-4,9H,2,5-6,8H2,1H3,(H,14,18). The molecule has 0 saturated carbocycles. The highest BCUT2D eigenvalue weighted by Crippen LogP contribution is 2.14. The largest absolute Gasteiger partial charge is 0.360 e. The Kier molecular flexibility index (Phi) is 4.26. The number of anilines is 1. The molecule has 2 heterocycles. The van der Waals surface area contributed by atoms with E-state index in [1.54, 1.807) is 12.1 Å². The number of nitrogens with one attached hydrogen (secondary N) is 1. The molecule has 100 valence electrons. The quantitative estimate of drug-likeness (QED) is 0.820. The van der Waals surface area contributed by atoms with Crippen LogP contribution >= 0.6 is 0 Å². The second-order valence-corrected chi connectivity index (χ2v) is 4.07. The molecule has 19 heavy (non-hydrogen) atoms. The zero-order chi connectivity index (χ0) is 13.7. The van der Waals surface area contributed by atoms with Gasteiger partial charge in [0.2, 0.25) is 0 Å². The van der Waals surface area contributed by atoms with Crippen molar-refractivity contribution in [1.82, 2.24) is 15.5 Å². The van der Waals surface area contributed by atoms with Gasteiger partial charge in [0.25, 0.3) is 5.91 Å². The monoisotopic (exact) mass is 261 g/mol. The summed E-state index contributed by atoms with van der Waals surface area (Å²) in [6, 6.07) is 5.44. The lowest BCUT2D eigenvalue weighted by Crippen LogP contribution is -2.42. The molecule has 1 aliphatic rings. The van der Waals surface area contributed by atoms with Gasteiger partial charge in [0, 0.05) is 13.1 Å². The molecule has 1 aliphatic heterocycles. The number of nitriles is 1. The molecule has 1 saturated heterocycles. The molecule has 0 radical (unpaired) electrons. The van der Waals surface area contributed by atoms with Crippen LogP contribution in [0.4, 0.5) is 5.82 Å². The Labute approximate surface area is 111 Å². The minimum atomic E-state index is -0.446. The molecule has 0 spiro atoms. The fourth-order valence-electron chi connectivity index (χ4n) is 1.80. The van der Waals surface area contributed by atoms with Crippen molar-refractivity contribution in [1.29, 1.82) is 5.26 Å². The van der Waals surface area contributed by atoms with Gasteiger partial charge >= 0.3 is 0 Å². The lowest BCUT2D eigenvalue weighted by Gasteiger charge is -2.30. The van der Waals surface area contributed by atoms with E-state index in [4.69, 9.17) is 10.00 Å². The van der Waals surface area contributed by atoms with E-state index in [0.717, 1.165) is 0 Å². The summed E-state index contributed by atoms with van der Waals surface area (Å²) in [6.07, 6.45) is -0.446. The Morgan fingerprint density at radius 2 is 2.47 bits per heavy atom. The summed E-state index contributed by atoms with van der Waals surface area (Å²) in [6.45, 7) is 4.00. The Balaban J connectivity index is 2.06. The molecule has 1 aromatic rings. The molecule has 7 heteroatoms. The van der Waals surface area contributed by atoms with Crippen molar-refractivity contribution in [3.8, 4) is 6.07 Å². The van der Waals surface area contributed by atoms with Crippen LogP contribution in [0.2, 0.25) is 0 Å². The van der Waals surface area contributed by atoms with E-state index >= 15 is 0 Å². The van der Waals surface area contributed by atoms with Gasteiger partial charge in [0.05, 0.1) is 19.2 Å². The van der Waals surface area contributed by atoms with Gasteiger partial charge < -0.3 is 15.0 Å². The molecule has 1 amide bonds. The molecule has 1 atom stereocenters. The molecular weight excluding hydrogens is 246 g/mol. The number of ether oxygens (including phenoxy) is 1. The molecule has 1 fully saturated rings. The third-order valence-corrected chi connectivity index (χ3v) is 2.75. The normalized spacial score (nSPS) is 18.7. The number of nitrogens with zero attached hydrogens (tertiary/aromatic N) is 4. The van der Waals surface area contributed by atoms with Crippen LogP contribution in [0, 0.1) is 11.3 Å². The maximum absolute atomic E-state index is 11.5. The fourth-order valence-corrected chi connectivity index (χ4v) is 1.80. The molecule has 1 aromatic heterocycles. The molecule has 1 N–H and O–H groups in total. The van der Waals surface area contributed by atoms with Gasteiger partial charge in [-0.3, -0.25) is 4.79 Å². The number of carbonyl (C=O) groups is 1. The van der Waals surface area contributed by atoms with E-state index < -0.39 is 6.10 Å². The van der Waals surface area contributed by atoms with Crippen LogP contribution in [0.15, 0.2) is 12.1 Å². The van der Waals surface area contributed by atoms with Gasteiger partial charge in [-0.25, -0.2) is 0 Å². The van der Waals surface area contributed by atoms with Crippen LogP contribution in [0.5, 0.6) is 0 Å². The van der Waals surface area contributed by atoms with E-state index in [1.165, 1.54) is 0 Å². The van der Waals surface area contributed by atoms with E-state index in [0.29, 0.717) is 32.1 Å². The van der Waals surface area contributed by atoms with E-state index in [9.17, 15) is 4.79 Å². The number of amides is 1. The first kappa shape index (κ1) is 13.2. The topological polar surface area (TPSA) is 91.1 Å². The summed E-state index contributed by atoms with van der Waals surface area (Å²) < 4.78 is 5.26. The average molecular weight is 261 g/mol. The van der Waals surface area contributed by atoms with Crippen molar-refractivity contribution in [2.45, 2.75) is 13.0 Å². The zero-order valence-corrected chi connectivity index (χ0v) is 10.7. The van der Waals surface area contributed by atoms with Gasteiger partial charge in [-0.05, 0) is 19.1 Å². The third kappa shape index (κ3) is 3.17. The number of carbonyl (C=O) groups excluding carboxylic acids is 1. The summed E-state index contributed by atoms with van der Waals surface area (Å²) in [5.41, 5.74) is 0.288. The summed E-state index contributed by atoms with van der Waals surface area (Å²) >= 11 is 0. The zero-order valence-electron chi connectivity index (χ0n) is 10.7. The molecule has 2 rings (SSSR count). The Hall–Kier alpha value is -2.20. The highest BCUT2D eigenvalue weighted by Gasteiger charge is 2.21. The predicted molar refractivity (Wildman–Crippen MR) is 67.6 cm³/mol. The Bertz CT molecular complexity index is 482. The minimum absolute atomic E-state index is 0.238. The van der Waals surface area contributed by atoms with Crippen LogP contribution in [-0.4, -0.2) is 48.4 Å². The maximum atomic E-state index is 11.5. The van der Waals surface area contributed by atoms with Gasteiger partial charge in [0.15, 0.2) is 17.6 Å². The van der Waals surface area contributed by atoms with Gasteiger partial charge in [-0.2, -0.15) is 5.26 Å². The third-order valence-electron chi connectivity index (χ3n) is 2.75. The van der Waals surface area contributed by atoms with Crippen LogP contribution in [-0.2, 0) is 4.74 Å². The van der Waals surface area contributed by atoms with E-state index in [2.05, 4.69) is 21.6 Å². The molecule has 1 unspecified atom stereocenters. The van der Waals surface area contributed by atoms with E-state index in [1.807, 2.05) is 11.8 Å². The number of morpholine rings is 1.